The Morgan fingerprint density at radius 2 is 1.10 bits per heavy atom. The van der Waals surface area contributed by atoms with Crippen LogP contribution in [0.1, 0.15) is 61.3 Å². The van der Waals surface area contributed by atoms with Crippen LogP contribution in [0, 0.1) is 5.92 Å². The van der Waals surface area contributed by atoms with Crippen LogP contribution in [0.2, 0.25) is 0 Å². The maximum Gasteiger partial charge on any atom is 0.407 e. The monoisotopic (exact) mass is 1090 g/mol. The van der Waals surface area contributed by atoms with E-state index in [1.807, 2.05) is 54.6 Å². The minimum Gasteiger partial charge on any atom is -0.449 e. The molecule has 0 saturated carbocycles. The van der Waals surface area contributed by atoms with E-state index < -0.39 is 36.0 Å². The Hall–Kier alpha value is -4.74. The lowest BCUT2D eigenvalue weighted by atomic mass is 9.98. The third-order valence-corrected chi connectivity index (χ3v) is 12.2. The van der Waals surface area contributed by atoms with Gasteiger partial charge in [0.15, 0.2) is 0 Å². The zero-order valence-corrected chi connectivity index (χ0v) is 44.4. The standard InChI is InChI=1S/C53H78BrN5O14/c1-39(2)49(59-53(63)73-38-47-45-13-6-4-11-43(45)44-12-5-7-14-46(44)47)51(61)58-48(15-8-18-56-52(55)62)50(60)57-42-17-16-41(37-54)40(36-42)10-9-19-65-22-23-67-26-27-69-30-31-71-34-35-72-33-32-70-29-28-68-25-24-66-21-20-64-3/h4-7,11-14,16-17,36,39,47-49H,8-10,15,18-35,37-38H2,1-3H3,(H,57,60)(H,58,61)(H,59,63)(H3,55,56,62)/t48-,49-/m0/s1. The Morgan fingerprint density at radius 3 is 1.58 bits per heavy atom. The van der Waals surface area contributed by atoms with Crippen LogP contribution >= 0.6 is 15.9 Å². The molecule has 19 nitrogen and oxygen atoms in total. The van der Waals surface area contributed by atoms with Crippen molar-refractivity contribution >= 4 is 45.6 Å². The highest BCUT2D eigenvalue weighted by Crippen LogP contribution is 2.44. The number of fused-ring (bicyclic) bond motifs is 3. The topological polar surface area (TPSA) is 235 Å². The number of nitrogens with one attached hydrogen (secondary N) is 4. The molecule has 0 saturated heterocycles. The van der Waals surface area contributed by atoms with Crippen LogP contribution < -0.4 is 27.0 Å². The molecule has 73 heavy (non-hydrogen) atoms. The first-order chi connectivity index (χ1) is 35.6. The van der Waals surface area contributed by atoms with E-state index in [-0.39, 0.29) is 31.4 Å². The number of alkyl halides is 1. The van der Waals surface area contributed by atoms with Crippen molar-refractivity contribution in [2.45, 2.75) is 62.9 Å². The van der Waals surface area contributed by atoms with E-state index in [2.05, 4.69) is 49.3 Å². The molecule has 0 aromatic heterocycles. The van der Waals surface area contributed by atoms with Crippen LogP contribution in [0.15, 0.2) is 66.7 Å². The van der Waals surface area contributed by atoms with Crippen molar-refractivity contribution in [1.82, 2.24) is 16.0 Å². The molecule has 1 aliphatic rings. The van der Waals surface area contributed by atoms with Gasteiger partial charge in [0.05, 0.1) is 106 Å². The molecule has 0 heterocycles. The van der Waals surface area contributed by atoms with Crippen LogP contribution in [0.3, 0.4) is 0 Å². The molecule has 20 heteroatoms. The molecule has 6 N–H and O–H groups in total. The van der Waals surface area contributed by atoms with Crippen molar-refractivity contribution < 1.29 is 66.5 Å². The number of carbonyl (C=O) groups excluding carboxylic acids is 4. The van der Waals surface area contributed by atoms with Crippen molar-refractivity contribution in [3.05, 3.63) is 89.0 Å². The number of benzene rings is 3. The molecule has 1 aliphatic carbocycles. The Bertz CT molecular complexity index is 2000. The van der Waals surface area contributed by atoms with Gasteiger partial charge in [0.1, 0.15) is 18.7 Å². The third kappa shape index (κ3) is 24.0. The van der Waals surface area contributed by atoms with E-state index in [0.717, 1.165) is 39.8 Å². The summed E-state index contributed by atoms with van der Waals surface area (Å²) in [4.78, 5) is 52.3. The van der Waals surface area contributed by atoms with E-state index in [1.54, 1.807) is 21.0 Å². The van der Waals surface area contributed by atoms with Crippen molar-refractivity contribution in [2.24, 2.45) is 11.7 Å². The lowest BCUT2D eigenvalue weighted by molar-refractivity contribution is -0.128. The molecule has 0 radical (unpaired) electrons. The highest BCUT2D eigenvalue weighted by atomic mass is 79.9. The maximum atomic E-state index is 13.9. The van der Waals surface area contributed by atoms with Gasteiger partial charge in [-0.25, -0.2) is 9.59 Å². The van der Waals surface area contributed by atoms with Gasteiger partial charge in [0.2, 0.25) is 11.8 Å². The van der Waals surface area contributed by atoms with Gasteiger partial charge >= 0.3 is 12.1 Å². The number of primary amides is 1. The van der Waals surface area contributed by atoms with Gasteiger partial charge in [-0.2, -0.15) is 0 Å². The largest absolute Gasteiger partial charge is 0.449 e. The van der Waals surface area contributed by atoms with Crippen LogP contribution in [-0.4, -0.2) is 169 Å². The summed E-state index contributed by atoms with van der Waals surface area (Å²) >= 11 is 3.58. The van der Waals surface area contributed by atoms with Gasteiger partial charge in [-0.05, 0) is 77.1 Å². The van der Waals surface area contributed by atoms with Crippen molar-refractivity contribution in [2.75, 3.05) is 138 Å². The number of nitrogens with two attached hydrogens (primary N) is 1. The summed E-state index contributed by atoms with van der Waals surface area (Å²) in [6.45, 7) is 12.2. The quantitative estimate of drug-likeness (QED) is 0.0338. The van der Waals surface area contributed by atoms with E-state index >= 15 is 0 Å². The second-order valence-electron chi connectivity index (χ2n) is 17.3. The van der Waals surface area contributed by atoms with Crippen LogP contribution in [0.4, 0.5) is 15.3 Å². The number of alkyl carbamates (subject to hydrolysis) is 1. The maximum absolute atomic E-state index is 13.9. The van der Waals surface area contributed by atoms with E-state index in [9.17, 15) is 19.2 Å². The number of urea groups is 1. The summed E-state index contributed by atoms with van der Waals surface area (Å²) < 4.78 is 54.9. The predicted molar refractivity (Wildman–Crippen MR) is 280 cm³/mol. The first-order valence-corrected chi connectivity index (χ1v) is 26.3. The SMILES string of the molecule is COCCOCCOCCOCCOCCOCCOCCOCCOCCCc1cc(NC(=O)[C@H](CCCNC(N)=O)NC(=O)[C@@H](NC(=O)OCC2c3ccccc3-c3ccccc32)C(C)C)ccc1CBr. The molecule has 4 rings (SSSR count). The summed E-state index contributed by atoms with van der Waals surface area (Å²) in [7, 11) is 1.64. The first kappa shape index (κ1) is 60.8. The number of carbonyl (C=O) groups is 4. The summed E-state index contributed by atoms with van der Waals surface area (Å²) in [5.41, 5.74) is 12.3. The Labute approximate surface area is 439 Å². The lowest BCUT2D eigenvalue weighted by Gasteiger charge is -2.25. The molecule has 2 atom stereocenters. The summed E-state index contributed by atoms with van der Waals surface area (Å²) in [6, 6.07) is 19.0. The fourth-order valence-electron chi connectivity index (χ4n) is 7.79. The lowest BCUT2D eigenvalue weighted by Crippen LogP contribution is -2.54. The molecule has 3 aromatic rings. The van der Waals surface area contributed by atoms with Gasteiger partial charge in [-0.15, -0.1) is 0 Å². The van der Waals surface area contributed by atoms with Gasteiger partial charge in [-0.1, -0.05) is 84.4 Å². The minimum atomic E-state index is -1.01. The van der Waals surface area contributed by atoms with Gasteiger partial charge in [-0.3, -0.25) is 9.59 Å². The number of aryl methyl sites for hydroxylation is 1. The summed E-state index contributed by atoms with van der Waals surface area (Å²) in [5, 5.41) is 11.7. The normalized spacial score (nSPS) is 12.8. The van der Waals surface area contributed by atoms with Crippen molar-refractivity contribution in [3.63, 3.8) is 0 Å². The first-order valence-electron chi connectivity index (χ1n) is 25.2. The van der Waals surface area contributed by atoms with Gasteiger partial charge in [0.25, 0.3) is 0 Å². The molecule has 0 bridgehead atoms. The fraction of sp³-hybridized carbons (Fsp3) is 0.585. The van der Waals surface area contributed by atoms with E-state index in [4.69, 9.17) is 53.1 Å². The Balaban J connectivity index is 1.10. The fourth-order valence-corrected chi connectivity index (χ4v) is 8.34. The third-order valence-electron chi connectivity index (χ3n) is 11.6. The summed E-state index contributed by atoms with van der Waals surface area (Å²) in [5.74, 6) is -1.50. The van der Waals surface area contributed by atoms with Crippen LogP contribution in [0.25, 0.3) is 11.1 Å². The van der Waals surface area contributed by atoms with Gasteiger partial charge in [0, 0.05) is 37.2 Å². The smallest absolute Gasteiger partial charge is 0.407 e. The molecular formula is C53H78BrN5O14. The van der Waals surface area contributed by atoms with Crippen molar-refractivity contribution in [1.29, 1.82) is 0 Å². The number of rotatable bonds is 41. The van der Waals surface area contributed by atoms with Crippen LogP contribution in [-0.2, 0) is 68.7 Å². The highest BCUT2D eigenvalue weighted by molar-refractivity contribution is 9.08. The van der Waals surface area contributed by atoms with Crippen molar-refractivity contribution in [3.8, 4) is 11.1 Å². The Morgan fingerprint density at radius 1 is 0.603 bits per heavy atom. The molecule has 406 valence electrons. The Kier molecular flexibility index (Phi) is 30.9. The molecule has 0 aliphatic heterocycles. The highest BCUT2D eigenvalue weighted by Gasteiger charge is 2.32. The predicted octanol–water partition coefficient (Wildman–Crippen LogP) is 5.73. The van der Waals surface area contributed by atoms with E-state index in [1.165, 1.54) is 0 Å². The molecular weight excluding hydrogens is 1010 g/mol. The molecule has 3 aromatic carbocycles. The number of hydrogen-bond donors (Lipinski definition) is 5. The second-order valence-corrected chi connectivity index (χ2v) is 17.8. The number of anilines is 1. The molecule has 0 spiro atoms. The zero-order valence-electron chi connectivity index (χ0n) is 42.8. The molecule has 0 unspecified atom stereocenters. The van der Waals surface area contributed by atoms with Gasteiger partial charge < -0.3 is 74.4 Å². The average molecular weight is 1090 g/mol. The molecule has 5 amide bonds. The summed E-state index contributed by atoms with van der Waals surface area (Å²) in [6.07, 6.45) is 1.22. The number of hydrogen-bond acceptors (Lipinski definition) is 14. The molecule has 0 fully saturated rings. The zero-order chi connectivity index (χ0) is 52.3. The minimum absolute atomic E-state index is 0.0837. The van der Waals surface area contributed by atoms with E-state index in [0.29, 0.717) is 136 Å². The number of halogens is 1. The number of ether oxygens (including phenoxy) is 10. The van der Waals surface area contributed by atoms with Crippen LogP contribution in [0.5, 0.6) is 0 Å². The number of amides is 5. The second kappa shape index (κ2) is 37.1. The average Bonchev–Trinajstić information content (AvgIpc) is 3.71. The number of methoxy groups -OCH3 is 1.